The van der Waals surface area contributed by atoms with E-state index in [1.165, 1.54) is 17.6 Å². The molecule has 0 N–H and O–H groups in total. The van der Waals surface area contributed by atoms with Crippen LogP contribution in [0.15, 0.2) is 59.2 Å². The molecule has 2 aromatic carbocycles. The lowest BCUT2D eigenvalue weighted by Crippen LogP contribution is -2.10. The molecule has 0 amide bonds. The van der Waals surface area contributed by atoms with Crippen molar-refractivity contribution in [2.24, 2.45) is 0 Å². The van der Waals surface area contributed by atoms with E-state index in [-0.39, 0.29) is 5.78 Å². The van der Waals surface area contributed by atoms with Gasteiger partial charge in [-0.15, -0.1) is 11.3 Å². The zero-order chi connectivity index (χ0) is 15.8. The fraction of sp³-hybridized carbons (Fsp3) is 0.0556. The number of para-hydroxylation sites is 2. The van der Waals surface area contributed by atoms with Crippen molar-refractivity contribution in [3.05, 3.63) is 65.4 Å². The minimum absolute atomic E-state index is 0.281. The van der Waals surface area contributed by atoms with Crippen LogP contribution in [0.2, 0.25) is 0 Å². The lowest BCUT2D eigenvalue weighted by atomic mass is 9.99. The molecule has 5 heteroatoms. The van der Waals surface area contributed by atoms with Crippen LogP contribution in [-0.4, -0.2) is 10.8 Å². The number of furan rings is 1. The number of fused-ring (bicyclic) bond motifs is 2. The van der Waals surface area contributed by atoms with Crippen molar-refractivity contribution < 1.29 is 9.21 Å². The summed E-state index contributed by atoms with van der Waals surface area (Å²) in [5.74, 6) is -1.20. The first-order chi connectivity index (χ1) is 11.3. The maximum Gasteiger partial charge on any atom is 0.190 e. The molecule has 2 heterocycles. The van der Waals surface area contributed by atoms with Crippen molar-refractivity contribution in [3.63, 3.8) is 0 Å². The minimum atomic E-state index is -0.923. The minimum Gasteiger partial charge on any atom is -0.464 e. The number of Topliss-reactive ketones (excluding diaryl/α,β-unsaturated/α-hetero) is 1. The summed E-state index contributed by atoms with van der Waals surface area (Å²) in [6.07, 6.45) is 1.42. The maximum atomic E-state index is 12.8. The fourth-order valence-corrected chi connectivity index (χ4v) is 3.58. The Morgan fingerprint density at radius 3 is 2.78 bits per heavy atom. The van der Waals surface area contributed by atoms with Crippen LogP contribution < -0.4 is 0 Å². The van der Waals surface area contributed by atoms with Crippen LogP contribution >= 0.6 is 11.3 Å². The van der Waals surface area contributed by atoms with Crippen LogP contribution in [0.3, 0.4) is 0 Å². The van der Waals surface area contributed by atoms with E-state index in [0.717, 1.165) is 15.6 Å². The number of carbonyl (C=O) groups is 1. The first-order valence-corrected chi connectivity index (χ1v) is 7.85. The van der Waals surface area contributed by atoms with E-state index >= 15 is 0 Å². The lowest BCUT2D eigenvalue weighted by Gasteiger charge is -2.03. The molecule has 4 rings (SSSR count). The van der Waals surface area contributed by atoms with Gasteiger partial charge >= 0.3 is 0 Å². The average molecular weight is 318 g/mol. The highest BCUT2D eigenvalue weighted by atomic mass is 32.1. The first kappa shape index (κ1) is 13.7. The first-order valence-electron chi connectivity index (χ1n) is 7.03. The standard InChI is InChI=1S/C18H10N2O2S/c19-9-12(18-20-14-6-2-4-8-16(14)23-18)17(21)13-10-22-15-7-3-1-5-11(13)15/h1-8,10,12H/t12-/m0/s1. The summed E-state index contributed by atoms with van der Waals surface area (Å²) in [7, 11) is 0. The van der Waals surface area contributed by atoms with Gasteiger partial charge in [0.15, 0.2) is 11.7 Å². The molecular weight excluding hydrogens is 308 g/mol. The SMILES string of the molecule is N#C[C@@H](C(=O)c1coc2ccccc12)c1nc2ccccc2s1. The Kier molecular flexibility index (Phi) is 3.18. The largest absolute Gasteiger partial charge is 0.464 e. The maximum absolute atomic E-state index is 12.8. The third kappa shape index (κ3) is 2.20. The van der Waals surface area contributed by atoms with Gasteiger partial charge in [-0.05, 0) is 18.2 Å². The van der Waals surface area contributed by atoms with E-state index in [1.54, 1.807) is 6.07 Å². The Bertz CT molecular complexity index is 1040. The Hall–Kier alpha value is -2.97. The van der Waals surface area contributed by atoms with Crippen molar-refractivity contribution in [1.29, 1.82) is 5.26 Å². The zero-order valence-corrected chi connectivity index (χ0v) is 12.7. The summed E-state index contributed by atoms with van der Waals surface area (Å²) < 4.78 is 6.38. The number of benzene rings is 2. The summed E-state index contributed by atoms with van der Waals surface area (Å²) >= 11 is 1.38. The topological polar surface area (TPSA) is 66.9 Å². The summed E-state index contributed by atoms with van der Waals surface area (Å²) in [6, 6.07) is 17.0. The third-order valence-corrected chi connectivity index (χ3v) is 4.80. The van der Waals surface area contributed by atoms with Crippen molar-refractivity contribution in [2.45, 2.75) is 5.92 Å². The third-order valence-electron chi connectivity index (χ3n) is 3.70. The number of hydrogen-bond donors (Lipinski definition) is 0. The molecule has 0 aliphatic heterocycles. The Balaban J connectivity index is 1.80. The number of aromatic nitrogens is 1. The van der Waals surface area contributed by atoms with Gasteiger partial charge in [-0.1, -0.05) is 30.3 Å². The zero-order valence-electron chi connectivity index (χ0n) is 11.9. The highest BCUT2D eigenvalue weighted by Gasteiger charge is 2.27. The molecule has 23 heavy (non-hydrogen) atoms. The molecular formula is C18H10N2O2S. The average Bonchev–Trinajstić information content (AvgIpc) is 3.19. The fourth-order valence-electron chi connectivity index (χ4n) is 2.56. The van der Waals surface area contributed by atoms with Crippen molar-refractivity contribution >= 4 is 38.3 Å². The van der Waals surface area contributed by atoms with Crippen LogP contribution in [0, 0.1) is 11.3 Å². The van der Waals surface area contributed by atoms with E-state index in [9.17, 15) is 10.1 Å². The second-order valence-corrected chi connectivity index (χ2v) is 6.15. The molecule has 4 nitrogen and oxygen atoms in total. The second kappa shape index (κ2) is 5.34. The second-order valence-electron chi connectivity index (χ2n) is 5.09. The van der Waals surface area contributed by atoms with Crippen LogP contribution in [0.5, 0.6) is 0 Å². The Labute approximate surface area is 135 Å². The number of nitriles is 1. The molecule has 0 aliphatic carbocycles. The number of rotatable bonds is 3. The number of thiazole rings is 1. The van der Waals surface area contributed by atoms with E-state index in [4.69, 9.17) is 4.42 Å². The number of nitrogens with zero attached hydrogens (tertiary/aromatic N) is 2. The summed E-state index contributed by atoms with van der Waals surface area (Å²) in [5, 5.41) is 10.7. The molecule has 0 bridgehead atoms. The van der Waals surface area contributed by atoms with Crippen LogP contribution in [0.25, 0.3) is 21.2 Å². The quantitative estimate of drug-likeness (QED) is 0.520. The summed E-state index contributed by atoms with van der Waals surface area (Å²) in [5.41, 5.74) is 1.86. The molecule has 0 unspecified atom stereocenters. The van der Waals surface area contributed by atoms with Gasteiger partial charge < -0.3 is 4.42 Å². The van der Waals surface area contributed by atoms with Gasteiger partial charge in [0.25, 0.3) is 0 Å². The predicted molar refractivity (Wildman–Crippen MR) is 88.5 cm³/mol. The molecule has 0 saturated carbocycles. The van der Waals surface area contributed by atoms with Gasteiger partial charge in [0, 0.05) is 5.39 Å². The van der Waals surface area contributed by atoms with Gasteiger partial charge in [-0.25, -0.2) is 4.98 Å². The normalized spacial score (nSPS) is 12.3. The molecule has 0 spiro atoms. The molecule has 0 saturated heterocycles. The van der Waals surface area contributed by atoms with Gasteiger partial charge in [-0.3, -0.25) is 4.79 Å². The number of ketones is 1. The Morgan fingerprint density at radius 2 is 1.96 bits per heavy atom. The lowest BCUT2D eigenvalue weighted by molar-refractivity contribution is 0.0979. The smallest absolute Gasteiger partial charge is 0.190 e. The molecule has 0 radical (unpaired) electrons. The van der Waals surface area contributed by atoms with Gasteiger partial charge in [0.2, 0.25) is 0 Å². The van der Waals surface area contributed by atoms with E-state index in [1.807, 2.05) is 42.5 Å². The van der Waals surface area contributed by atoms with Crippen molar-refractivity contribution in [3.8, 4) is 6.07 Å². The van der Waals surface area contributed by atoms with Gasteiger partial charge in [-0.2, -0.15) is 5.26 Å². The van der Waals surface area contributed by atoms with Crippen molar-refractivity contribution in [1.82, 2.24) is 4.98 Å². The molecule has 1 atom stereocenters. The highest BCUT2D eigenvalue weighted by Crippen LogP contribution is 2.31. The molecule has 4 aromatic rings. The van der Waals surface area contributed by atoms with Crippen LogP contribution in [-0.2, 0) is 0 Å². The monoisotopic (exact) mass is 318 g/mol. The summed E-state index contributed by atoms with van der Waals surface area (Å²) in [6.45, 7) is 0. The van der Waals surface area contributed by atoms with Gasteiger partial charge in [0.1, 0.15) is 16.9 Å². The molecule has 0 aliphatic rings. The van der Waals surface area contributed by atoms with E-state index < -0.39 is 5.92 Å². The predicted octanol–water partition coefficient (Wildman–Crippen LogP) is 4.53. The van der Waals surface area contributed by atoms with Gasteiger partial charge in [0.05, 0.1) is 21.8 Å². The molecule has 110 valence electrons. The van der Waals surface area contributed by atoms with Crippen LogP contribution in [0.1, 0.15) is 21.3 Å². The van der Waals surface area contributed by atoms with Crippen LogP contribution in [0.4, 0.5) is 0 Å². The van der Waals surface area contributed by atoms with E-state index in [2.05, 4.69) is 11.1 Å². The Morgan fingerprint density at radius 1 is 1.17 bits per heavy atom. The molecule has 0 fully saturated rings. The van der Waals surface area contributed by atoms with Crippen molar-refractivity contribution in [2.75, 3.05) is 0 Å². The number of carbonyl (C=O) groups excluding carboxylic acids is 1. The highest BCUT2D eigenvalue weighted by molar-refractivity contribution is 7.18. The van der Waals surface area contributed by atoms with E-state index in [0.29, 0.717) is 16.2 Å². The molecule has 2 aromatic heterocycles. The summed E-state index contributed by atoms with van der Waals surface area (Å²) in [4.78, 5) is 17.3. The number of hydrogen-bond acceptors (Lipinski definition) is 5.